The van der Waals surface area contributed by atoms with Gasteiger partial charge in [-0.2, -0.15) is 5.10 Å². The zero-order valence-corrected chi connectivity index (χ0v) is 17.8. The number of carbonyl (C=O) groups is 1. The van der Waals surface area contributed by atoms with E-state index in [0.717, 1.165) is 17.4 Å². The van der Waals surface area contributed by atoms with Crippen molar-refractivity contribution < 1.29 is 17.9 Å². The van der Waals surface area contributed by atoms with Gasteiger partial charge in [-0.1, -0.05) is 30.3 Å². The molecule has 3 rings (SSSR count). The maximum atomic E-state index is 12.6. The summed E-state index contributed by atoms with van der Waals surface area (Å²) in [6, 6.07) is 9.09. The van der Waals surface area contributed by atoms with Crippen molar-refractivity contribution in [3.8, 4) is 11.1 Å². The minimum Gasteiger partial charge on any atom is -0.447 e. The predicted molar refractivity (Wildman–Crippen MR) is 111 cm³/mol. The van der Waals surface area contributed by atoms with Gasteiger partial charge in [0, 0.05) is 24.3 Å². The van der Waals surface area contributed by atoms with Crippen molar-refractivity contribution in [2.24, 2.45) is 0 Å². The summed E-state index contributed by atoms with van der Waals surface area (Å²) in [5.41, 5.74) is 2.01. The summed E-state index contributed by atoms with van der Waals surface area (Å²) in [7, 11) is -3.42. The molecule has 1 N–H and O–H groups in total. The molecule has 1 fully saturated rings. The highest BCUT2D eigenvalue weighted by molar-refractivity contribution is 7.88. The third-order valence-electron chi connectivity index (χ3n) is 4.83. The van der Waals surface area contributed by atoms with E-state index in [1.54, 1.807) is 29.6 Å². The molecular formula is C20H28N4O4S. The summed E-state index contributed by atoms with van der Waals surface area (Å²) in [5, 5.41) is 4.43. The van der Waals surface area contributed by atoms with Crippen molar-refractivity contribution in [2.45, 2.75) is 51.4 Å². The molecule has 9 heteroatoms. The number of amides is 1. The Bertz CT molecular complexity index is 927. The maximum absolute atomic E-state index is 12.6. The van der Waals surface area contributed by atoms with Crippen LogP contribution >= 0.6 is 0 Å². The van der Waals surface area contributed by atoms with Crippen LogP contribution in [0.3, 0.4) is 0 Å². The molecule has 1 saturated heterocycles. The highest BCUT2D eigenvalue weighted by Gasteiger charge is 2.37. The second kappa shape index (κ2) is 8.96. The summed E-state index contributed by atoms with van der Waals surface area (Å²) < 4.78 is 33.6. The van der Waals surface area contributed by atoms with Crippen LogP contribution in [0.15, 0.2) is 42.7 Å². The zero-order chi connectivity index (χ0) is 21.0. The molecule has 158 valence electrons. The Hall–Kier alpha value is -2.39. The molecular weight excluding hydrogens is 392 g/mol. The molecule has 1 amide bonds. The van der Waals surface area contributed by atoms with Crippen molar-refractivity contribution in [3.05, 3.63) is 42.7 Å². The first-order valence-corrected chi connectivity index (χ1v) is 11.6. The minimum atomic E-state index is -3.42. The fourth-order valence-corrected chi connectivity index (χ4v) is 4.45. The Morgan fingerprint density at radius 2 is 2.00 bits per heavy atom. The second-order valence-electron chi connectivity index (χ2n) is 7.65. The third-order valence-corrected chi connectivity index (χ3v) is 5.56. The summed E-state index contributed by atoms with van der Waals surface area (Å²) in [5.74, 6) is 0. The number of hydrogen-bond acceptors (Lipinski definition) is 5. The molecule has 1 aliphatic heterocycles. The Morgan fingerprint density at radius 3 is 2.66 bits per heavy atom. The number of hydrogen-bond donors (Lipinski definition) is 1. The topological polar surface area (TPSA) is 93.5 Å². The number of ether oxygens (including phenoxy) is 1. The molecule has 0 saturated carbocycles. The first kappa shape index (κ1) is 21.3. The lowest BCUT2D eigenvalue weighted by molar-refractivity contribution is 0.0410. The van der Waals surface area contributed by atoms with Crippen molar-refractivity contribution >= 4 is 16.1 Å². The highest BCUT2D eigenvalue weighted by Crippen LogP contribution is 2.23. The smallest absolute Gasteiger partial charge is 0.410 e. The lowest BCUT2D eigenvalue weighted by Crippen LogP contribution is -2.58. The van der Waals surface area contributed by atoms with Gasteiger partial charge in [0.25, 0.3) is 0 Å². The molecule has 0 bridgehead atoms. The average molecular weight is 421 g/mol. The standard InChI is InChI=1S/C20H28N4O4S/c1-15(2)28-20(25)24-11-7-10-18(22-29(3,26)27)19(24)14-23-13-17(12-21-23)16-8-5-4-6-9-16/h4-6,8-9,12-13,15,18-19,22H,7,10-11,14H2,1-3H3/t18-,19-/m1/s1. The quantitative estimate of drug-likeness (QED) is 0.775. The number of benzene rings is 1. The van der Waals surface area contributed by atoms with Crippen molar-refractivity contribution in [1.82, 2.24) is 19.4 Å². The third kappa shape index (κ3) is 5.80. The monoisotopic (exact) mass is 420 g/mol. The number of sulfonamides is 1. The van der Waals surface area contributed by atoms with E-state index in [9.17, 15) is 13.2 Å². The Kier molecular flexibility index (Phi) is 6.59. The van der Waals surface area contributed by atoms with Gasteiger partial charge in [-0.3, -0.25) is 4.68 Å². The van der Waals surface area contributed by atoms with E-state index in [2.05, 4.69) is 9.82 Å². The van der Waals surface area contributed by atoms with Gasteiger partial charge in [0.15, 0.2) is 0 Å². The van der Waals surface area contributed by atoms with Gasteiger partial charge < -0.3 is 9.64 Å². The molecule has 29 heavy (non-hydrogen) atoms. The van der Waals surface area contributed by atoms with Gasteiger partial charge >= 0.3 is 6.09 Å². The van der Waals surface area contributed by atoms with Crippen LogP contribution in [0.1, 0.15) is 26.7 Å². The van der Waals surface area contributed by atoms with Crippen LogP contribution in [-0.4, -0.2) is 60.2 Å². The maximum Gasteiger partial charge on any atom is 0.410 e. The first-order chi connectivity index (χ1) is 13.7. The summed E-state index contributed by atoms with van der Waals surface area (Å²) in [6.45, 7) is 4.48. The number of nitrogens with one attached hydrogen (secondary N) is 1. The molecule has 0 radical (unpaired) electrons. The van der Waals surface area contributed by atoms with Crippen LogP contribution in [0.4, 0.5) is 4.79 Å². The molecule has 8 nitrogen and oxygen atoms in total. The van der Waals surface area contributed by atoms with Gasteiger partial charge in [0.2, 0.25) is 10.0 Å². The number of piperidine rings is 1. The van der Waals surface area contributed by atoms with Crippen LogP contribution in [0.5, 0.6) is 0 Å². The molecule has 0 unspecified atom stereocenters. The SMILES string of the molecule is CC(C)OC(=O)N1CCC[C@@H](NS(C)(=O)=O)[C@H]1Cn1cc(-c2ccccc2)cn1. The Labute approximate surface area is 171 Å². The van der Waals surface area contributed by atoms with Gasteiger partial charge in [0.05, 0.1) is 31.1 Å². The lowest BCUT2D eigenvalue weighted by atomic mass is 9.97. The van der Waals surface area contributed by atoms with Crippen LogP contribution in [0.2, 0.25) is 0 Å². The molecule has 1 aromatic heterocycles. The summed E-state index contributed by atoms with van der Waals surface area (Å²) >= 11 is 0. The zero-order valence-electron chi connectivity index (χ0n) is 17.0. The average Bonchev–Trinajstić information content (AvgIpc) is 3.10. The number of rotatable bonds is 6. The van der Waals surface area contributed by atoms with Gasteiger partial charge in [-0.05, 0) is 32.3 Å². The molecule has 0 spiro atoms. The van der Waals surface area contributed by atoms with Gasteiger partial charge in [-0.15, -0.1) is 0 Å². The predicted octanol–water partition coefficient (Wildman–Crippen LogP) is 2.48. The Morgan fingerprint density at radius 1 is 1.28 bits per heavy atom. The number of likely N-dealkylation sites (tertiary alicyclic amines) is 1. The first-order valence-electron chi connectivity index (χ1n) is 9.75. The highest BCUT2D eigenvalue weighted by atomic mass is 32.2. The summed E-state index contributed by atoms with van der Waals surface area (Å²) in [4.78, 5) is 14.3. The number of aromatic nitrogens is 2. The van der Waals surface area contributed by atoms with E-state index in [0.29, 0.717) is 25.9 Å². The van der Waals surface area contributed by atoms with Gasteiger partial charge in [-0.25, -0.2) is 17.9 Å². The van der Waals surface area contributed by atoms with Gasteiger partial charge in [0.1, 0.15) is 0 Å². The van der Waals surface area contributed by atoms with Crippen molar-refractivity contribution in [1.29, 1.82) is 0 Å². The van der Waals surface area contributed by atoms with E-state index in [-0.39, 0.29) is 6.10 Å². The van der Waals surface area contributed by atoms with Crippen LogP contribution in [0, 0.1) is 0 Å². The largest absolute Gasteiger partial charge is 0.447 e. The van der Waals surface area contributed by atoms with Crippen LogP contribution in [0.25, 0.3) is 11.1 Å². The van der Waals surface area contributed by atoms with E-state index >= 15 is 0 Å². The fourth-order valence-electron chi connectivity index (χ4n) is 3.63. The normalized spacial score (nSPS) is 20.1. The van der Waals surface area contributed by atoms with E-state index in [1.165, 1.54) is 0 Å². The van der Waals surface area contributed by atoms with E-state index in [1.807, 2.05) is 36.5 Å². The molecule has 2 heterocycles. The molecule has 1 aromatic carbocycles. The molecule has 2 aromatic rings. The Balaban J connectivity index is 1.84. The number of nitrogens with zero attached hydrogens (tertiary/aromatic N) is 3. The van der Waals surface area contributed by atoms with Crippen LogP contribution in [-0.2, 0) is 21.3 Å². The lowest BCUT2D eigenvalue weighted by Gasteiger charge is -2.40. The number of carbonyl (C=O) groups excluding carboxylic acids is 1. The summed E-state index contributed by atoms with van der Waals surface area (Å²) in [6.07, 6.45) is 5.49. The molecule has 1 aliphatic rings. The molecule has 0 aliphatic carbocycles. The minimum absolute atomic E-state index is 0.249. The van der Waals surface area contributed by atoms with E-state index in [4.69, 9.17) is 4.74 Å². The van der Waals surface area contributed by atoms with Crippen molar-refractivity contribution in [2.75, 3.05) is 12.8 Å². The van der Waals surface area contributed by atoms with Crippen molar-refractivity contribution in [3.63, 3.8) is 0 Å². The fraction of sp³-hybridized carbons (Fsp3) is 0.500. The molecule has 2 atom stereocenters. The van der Waals surface area contributed by atoms with E-state index < -0.39 is 28.2 Å². The second-order valence-corrected chi connectivity index (χ2v) is 9.43. The van der Waals surface area contributed by atoms with Crippen LogP contribution < -0.4 is 4.72 Å².